The van der Waals surface area contributed by atoms with E-state index in [1.54, 1.807) is 0 Å². The molecular formula is C12H17F3N2O. The standard InChI is InChI=1S/C12H17F3N2O/c13-12(14,15)11-5-6-17(16-11)8-10(18)7-9-3-1-2-4-9/h5-6,9-10,18H,1-4,7-8H2. The normalized spacial score (nSPS) is 19.3. The summed E-state index contributed by atoms with van der Waals surface area (Å²) in [6.45, 7) is 0.132. The maximum Gasteiger partial charge on any atom is 0.435 e. The topological polar surface area (TPSA) is 38.0 Å². The van der Waals surface area contributed by atoms with Gasteiger partial charge in [0.25, 0.3) is 0 Å². The summed E-state index contributed by atoms with van der Waals surface area (Å²) in [5.74, 6) is 0.512. The largest absolute Gasteiger partial charge is 0.435 e. The van der Waals surface area contributed by atoms with Crippen molar-refractivity contribution >= 4 is 0 Å². The summed E-state index contributed by atoms with van der Waals surface area (Å²) in [6, 6.07) is 0.933. The molecule has 2 rings (SSSR count). The number of nitrogens with zero attached hydrogens (tertiary/aromatic N) is 2. The lowest BCUT2D eigenvalue weighted by atomic mass is 10.0. The molecule has 1 aromatic rings. The average Bonchev–Trinajstić information content (AvgIpc) is 2.87. The van der Waals surface area contributed by atoms with Crippen LogP contribution >= 0.6 is 0 Å². The van der Waals surface area contributed by atoms with Gasteiger partial charge in [0.05, 0.1) is 12.6 Å². The fourth-order valence-electron chi connectivity index (χ4n) is 2.54. The third-order valence-corrected chi connectivity index (χ3v) is 3.41. The molecule has 1 fully saturated rings. The predicted octanol–water partition coefficient (Wildman–Crippen LogP) is 2.84. The summed E-state index contributed by atoms with van der Waals surface area (Å²) in [4.78, 5) is 0. The van der Waals surface area contributed by atoms with Gasteiger partial charge in [-0.2, -0.15) is 18.3 Å². The summed E-state index contributed by atoms with van der Waals surface area (Å²) in [5, 5.41) is 13.3. The van der Waals surface area contributed by atoms with Crippen LogP contribution < -0.4 is 0 Å². The van der Waals surface area contributed by atoms with E-state index in [1.807, 2.05) is 0 Å². The minimum atomic E-state index is -4.42. The van der Waals surface area contributed by atoms with E-state index in [0.29, 0.717) is 12.3 Å². The Morgan fingerprint density at radius 2 is 2.06 bits per heavy atom. The van der Waals surface area contributed by atoms with Crippen molar-refractivity contribution in [3.63, 3.8) is 0 Å². The monoisotopic (exact) mass is 262 g/mol. The Hall–Kier alpha value is -1.04. The van der Waals surface area contributed by atoms with Crippen LogP contribution in [0.5, 0.6) is 0 Å². The van der Waals surface area contributed by atoms with E-state index in [9.17, 15) is 18.3 Å². The molecule has 102 valence electrons. The molecule has 0 aliphatic heterocycles. The predicted molar refractivity (Wildman–Crippen MR) is 59.8 cm³/mol. The number of rotatable bonds is 4. The van der Waals surface area contributed by atoms with Crippen LogP contribution in [-0.2, 0) is 12.7 Å². The first-order valence-corrected chi connectivity index (χ1v) is 6.24. The molecule has 3 nitrogen and oxygen atoms in total. The Kier molecular flexibility index (Phi) is 3.94. The second kappa shape index (κ2) is 5.30. The van der Waals surface area contributed by atoms with Gasteiger partial charge in [0.2, 0.25) is 0 Å². The van der Waals surface area contributed by atoms with Crippen molar-refractivity contribution in [3.05, 3.63) is 18.0 Å². The highest BCUT2D eigenvalue weighted by Gasteiger charge is 2.33. The molecular weight excluding hydrogens is 245 g/mol. The summed E-state index contributed by atoms with van der Waals surface area (Å²) < 4.78 is 38.2. The highest BCUT2D eigenvalue weighted by atomic mass is 19.4. The van der Waals surface area contributed by atoms with E-state index >= 15 is 0 Å². The number of hydrogen-bond acceptors (Lipinski definition) is 2. The molecule has 1 aliphatic rings. The van der Waals surface area contributed by atoms with Crippen LogP contribution in [0.2, 0.25) is 0 Å². The number of aliphatic hydroxyl groups is 1. The molecule has 18 heavy (non-hydrogen) atoms. The number of halogens is 3. The van der Waals surface area contributed by atoms with E-state index in [2.05, 4.69) is 5.10 Å². The molecule has 1 aliphatic carbocycles. The van der Waals surface area contributed by atoms with Gasteiger partial charge >= 0.3 is 6.18 Å². The highest BCUT2D eigenvalue weighted by Crippen LogP contribution is 2.29. The maximum atomic E-state index is 12.3. The molecule has 1 atom stereocenters. The third kappa shape index (κ3) is 3.48. The van der Waals surface area contributed by atoms with Crippen molar-refractivity contribution in [2.45, 2.75) is 50.9 Å². The van der Waals surface area contributed by atoms with Crippen LogP contribution in [0.15, 0.2) is 12.3 Å². The van der Waals surface area contributed by atoms with Gasteiger partial charge in [-0.1, -0.05) is 25.7 Å². The van der Waals surface area contributed by atoms with Crippen LogP contribution in [0.25, 0.3) is 0 Å². The first kappa shape index (κ1) is 13.4. The number of alkyl halides is 3. The average molecular weight is 262 g/mol. The number of aromatic nitrogens is 2. The second-order valence-corrected chi connectivity index (χ2v) is 4.96. The molecule has 0 aromatic carbocycles. The molecule has 0 amide bonds. The summed E-state index contributed by atoms with van der Waals surface area (Å²) in [6.07, 6.45) is 1.50. The minimum Gasteiger partial charge on any atom is -0.391 e. The molecule has 0 radical (unpaired) electrons. The van der Waals surface area contributed by atoms with Gasteiger partial charge in [0.1, 0.15) is 0 Å². The Bertz CT molecular complexity index is 383. The molecule has 1 heterocycles. The quantitative estimate of drug-likeness (QED) is 0.906. The van der Waals surface area contributed by atoms with Crippen molar-refractivity contribution < 1.29 is 18.3 Å². The highest BCUT2D eigenvalue weighted by molar-refractivity contribution is 5.03. The lowest BCUT2D eigenvalue weighted by molar-refractivity contribution is -0.141. The van der Waals surface area contributed by atoms with Crippen LogP contribution in [-0.4, -0.2) is 21.0 Å². The minimum absolute atomic E-state index is 0.132. The van der Waals surface area contributed by atoms with E-state index in [0.717, 1.165) is 18.9 Å². The van der Waals surface area contributed by atoms with Gasteiger partial charge in [-0.15, -0.1) is 0 Å². The Labute approximate surface area is 104 Å². The summed E-state index contributed by atoms with van der Waals surface area (Å²) in [5.41, 5.74) is -0.907. The zero-order valence-electron chi connectivity index (χ0n) is 10.0. The summed E-state index contributed by atoms with van der Waals surface area (Å²) in [7, 11) is 0. The third-order valence-electron chi connectivity index (χ3n) is 3.41. The molecule has 1 N–H and O–H groups in total. The fraction of sp³-hybridized carbons (Fsp3) is 0.750. The first-order valence-electron chi connectivity index (χ1n) is 6.24. The zero-order chi connectivity index (χ0) is 13.2. The Balaban J connectivity index is 1.86. The van der Waals surface area contributed by atoms with Crippen molar-refractivity contribution in [1.29, 1.82) is 0 Å². The molecule has 6 heteroatoms. The van der Waals surface area contributed by atoms with Crippen LogP contribution in [0.1, 0.15) is 37.8 Å². The second-order valence-electron chi connectivity index (χ2n) is 4.96. The van der Waals surface area contributed by atoms with Crippen molar-refractivity contribution in [3.8, 4) is 0 Å². The SMILES string of the molecule is OC(CC1CCCC1)Cn1ccc(C(F)(F)F)n1. The van der Waals surface area contributed by atoms with E-state index in [1.165, 1.54) is 23.7 Å². The Morgan fingerprint density at radius 1 is 1.39 bits per heavy atom. The molecule has 0 saturated heterocycles. The van der Waals surface area contributed by atoms with E-state index < -0.39 is 18.0 Å². The summed E-state index contributed by atoms with van der Waals surface area (Å²) >= 11 is 0. The van der Waals surface area contributed by atoms with Crippen molar-refractivity contribution in [1.82, 2.24) is 9.78 Å². The molecule has 0 bridgehead atoms. The van der Waals surface area contributed by atoms with Crippen molar-refractivity contribution in [2.24, 2.45) is 5.92 Å². The first-order chi connectivity index (χ1) is 8.45. The Morgan fingerprint density at radius 3 is 2.61 bits per heavy atom. The zero-order valence-corrected chi connectivity index (χ0v) is 10.0. The van der Waals surface area contributed by atoms with Crippen molar-refractivity contribution in [2.75, 3.05) is 0 Å². The van der Waals surface area contributed by atoms with Gasteiger partial charge < -0.3 is 5.11 Å². The van der Waals surface area contributed by atoms with Gasteiger partial charge in [0, 0.05) is 6.20 Å². The maximum absolute atomic E-state index is 12.3. The van der Waals surface area contributed by atoms with Gasteiger partial charge in [0.15, 0.2) is 5.69 Å². The number of hydrogen-bond donors (Lipinski definition) is 1. The lowest BCUT2D eigenvalue weighted by Crippen LogP contribution is -2.20. The fourth-order valence-corrected chi connectivity index (χ4v) is 2.54. The molecule has 1 unspecified atom stereocenters. The van der Waals surface area contributed by atoms with Crippen LogP contribution in [0, 0.1) is 5.92 Å². The van der Waals surface area contributed by atoms with Gasteiger partial charge in [-0.3, -0.25) is 4.68 Å². The molecule has 0 spiro atoms. The van der Waals surface area contributed by atoms with E-state index in [4.69, 9.17) is 0 Å². The molecule has 1 saturated carbocycles. The van der Waals surface area contributed by atoms with Gasteiger partial charge in [-0.05, 0) is 18.4 Å². The number of aliphatic hydroxyl groups excluding tert-OH is 1. The van der Waals surface area contributed by atoms with E-state index in [-0.39, 0.29) is 6.54 Å². The lowest BCUT2D eigenvalue weighted by Gasteiger charge is -2.15. The smallest absolute Gasteiger partial charge is 0.391 e. The van der Waals surface area contributed by atoms with Gasteiger partial charge in [-0.25, -0.2) is 0 Å². The molecule has 1 aromatic heterocycles. The van der Waals surface area contributed by atoms with Crippen LogP contribution in [0.4, 0.5) is 13.2 Å². The van der Waals surface area contributed by atoms with Crippen LogP contribution in [0.3, 0.4) is 0 Å².